The van der Waals surface area contributed by atoms with Crippen molar-refractivity contribution in [3.63, 3.8) is 0 Å². The van der Waals surface area contributed by atoms with Crippen LogP contribution in [-0.4, -0.2) is 13.7 Å². The Morgan fingerprint density at radius 1 is 1.20 bits per heavy atom. The van der Waals surface area contributed by atoms with Crippen molar-refractivity contribution in [1.82, 2.24) is 5.32 Å². The van der Waals surface area contributed by atoms with Gasteiger partial charge in [-0.1, -0.05) is 46.6 Å². The smallest absolute Gasteiger partial charge is 0.124 e. The summed E-state index contributed by atoms with van der Waals surface area (Å²) in [5.74, 6) is 0.870. The Kier molecular flexibility index (Phi) is 5.46. The number of methoxy groups -OCH3 is 1. The lowest BCUT2D eigenvalue weighted by atomic mass is 9.98. The second-order valence-corrected chi connectivity index (χ2v) is 5.78. The van der Waals surface area contributed by atoms with Gasteiger partial charge in [-0.15, -0.1) is 0 Å². The van der Waals surface area contributed by atoms with Gasteiger partial charge in [0.1, 0.15) is 5.75 Å². The predicted octanol–water partition coefficient (Wildman–Crippen LogP) is 4.81. The van der Waals surface area contributed by atoms with E-state index in [1.54, 1.807) is 7.11 Å². The Balaban J connectivity index is 2.47. The van der Waals surface area contributed by atoms with Crippen LogP contribution >= 0.6 is 27.5 Å². The van der Waals surface area contributed by atoms with Gasteiger partial charge in [-0.05, 0) is 42.4 Å². The Labute approximate surface area is 133 Å². The zero-order chi connectivity index (χ0) is 14.5. The molecular formula is C16H17BrClNO. The normalized spacial score (nSPS) is 12.2. The molecule has 0 aliphatic heterocycles. The van der Waals surface area contributed by atoms with Crippen LogP contribution in [0.1, 0.15) is 24.1 Å². The zero-order valence-electron chi connectivity index (χ0n) is 11.5. The molecule has 1 N–H and O–H groups in total. The maximum Gasteiger partial charge on any atom is 0.124 e. The first kappa shape index (κ1) is 15.4. The molecule has 2 rings (SSSR count). The lowest BCUT2D eigenvalue weighted by Crippen LogP contribution is -2.22. The molecule has 0 aliphatic carbocycles. The van der Waals surface area contributed by atoms with Crippen LogP contribution in [0.2, 0.25) is 5.02 Å². The van der Waals surface area contributed by atoms with Crippen LogP contribution in [0.4, 0.5) is 0 Å². The van der Waals surface area contributed by atoms with Crippen molar-refractivity contribution in [2.24, 2.45) is 0 Å². The van der Waals surface area contributed by atoms with Crippen LogP contribution in [0, 0.1) is 0 Å². The van der Waals surface area contributed by atoms with E-state index < -0.39 is 0 Å². The van der Waals surface area contributed by atoms with E-state index in [0.717, 1.165) is 32.9 Å². The van der Waals surface area contributed by atoms with Crippen LogP contribution in [-0.2, 0) is 0 Å². The summed E-state index contributed by atoms with van der Waals surface area (Å²) in [6.45, 7) is 2.95. The van der Waals surface area contributed by atoms with Crippen LogP contribution in [0.15, 0.2) is 46.9 Å². The zero-order valence-corrected chi connectivity index (χ0v) is 13.8. The third-order valence-electron chi connectivity index (χ3n) is 3.11. The van der Waals surface area contributed by atoms with Gasteiger partial charge in [-0.25, -0.2) is 0 Å². The van der Waals surface area contributed by atoms with E-state index in [-0.39, 0.29) is 6.04 Å². The second-order valence-electron chi connectivity index (χ2n) is 4.43. The fourth-order valence-corrected chi connectivity index (χ4v) is 2.70. The third-order valence-corrected chi connectivity index (χ3v) is 3.86. The highest BCUT2D eigenvalue weighted by Crippen LogP contribution is 2.32. The van der Waals surface area contributed by atoms with Gasteiger partial charge in [0.15, 0.2) is 0 Å². The van der Waals surface area contributed by atoms with E-state index in [2.05, 4.69) is 34.2 Å². The maximum absolute atomic E-state index is 5.97. The van der Waals surface area contributed by atoms with Crippen molar-refractivity contribution in [3.05, 3.63) is 63.1 Å². The quantitative estimate of drug-likeness (QED) is 0.832. The van der Waals surface area contributed by atoms with Crippen molar-refractivity contribution in [2.75, 3.05) is 13.7 Å². The van der Waals surface area contributed by atoms with Gasteiger partial charge in [0.25, 0.3) is 0 Å². The monoisotopic (exact) mass is 353 g/mol. The lowest BCUT2D eigenvalue weighted by molar-refractivity contribution is 0.404. The largest absolute Gasteiger partial charge is 0.496 e. The molecule has 1 unspecified atom stereocenters. The highest BCUT2D eigenvalue weighted by atomic mass is 79.9. The van der Waals surface area contributed by atoms with Gasteiger partial charge < -0.3 is 10.1 Å². The molecule has 2 aromatic carbocycles. The Bertz CT molecular complexity index is 571. The number of benzene rings is 2. The molecule has 0 fully saturated rings. The van der Waals surface area contributed by atoms with E-state index in [1.165, 1.54) is 0 Å². The summed E-state index contributed by atoms with van der Waals surface area (Å²) >= 11 is 9.50. The van der Waals surface area contributed by atoms with Crippen molar-refractivity contribution in [3.8, 4) is 5.75 Å². The molecule has 0 saturated carbocycles. The van der Waals surface area contributed by atoms with E-state index in [4.69, 9.17) is 16.3 Å². The average molecular weight is 355 g/mol. The summed E-state index contributed by atoms with van der Waals surface area (Å²) in [6, 6.07) is 14.0. The summed E-state index contributed by atoms with van der Waals surface area (Å²) in [5, 5.41) is 4.23. The molecule has 0 radical (unpaired) electrons. The van der Waals surface area contributed by atoms with Crippen LogP contribution in [0.3, 0.4) is 0 Å². The maximum atomic E-state index is 5.97. The molecule has 0 saturated heterocycles. The lowest BCUT2D eigenvalue weighted by Gasteiger charge is -2.21. The minimum Gasteiger partial charge on any atom is -0.496 e. The minimum absolute atomic E-state index is 0.0738. The molecule has 2 nitrogen and oxygen atoms in total. The standard InChI is InChI=1S/C16H17BrClNO/c1-3-19-16(11-4-7-13(18)8-5-11)14-10-12(17)6-9-15(14)20-2/h4-10,16,19H,3H2,1-2H3. The molecule has 0 amide bonds. The Morgan fingerprint density at radius 2 is 1.90 bits per heavy atom. The number of rotatable bonds is 5. The van der Waals surface area contributed by atoms with Crippen molar-refractivity contribution in [1.29, 1.82) is 0 Å². The van der Waals surface area contributed by atoms with Gasteiger partial charge >= 0.3 is 0 Å². The number of halogens is 2. The van der Waals surface area contributed by atoms with Crippen molar-refractivity contribution in [2.45, 2.75) is 13.0 Å². The molecule has 0 aromatic heterocycles. The van der Waals surface area contributed by atoms with Gasteiger partial charge in [0.05, 0.1) is 13.2 Å². The molecule has 106 valence electrons. The summed E-state index contributed by atoms with van der Waals surface area (Å²) in [6.07, 6.45) is 0. The van der Waals surface area contributed by atoms with Crippen LogP contribution < -0.4 is 10.1 Å². The fourth-order valence-electron chi connectivity index (χ4n) is 2.20. The number of hydrogen-bond donors (Lipinski definition) is 1. The SMILES string of the molecule is CCNC(c1ccc(Cl)cc1)c1cc(Br)ccc1OC. The van der Waals surface area contributed by atoms with Gasteiger partial charge in [0, 0.05) is 15.1 Å². The molecule has 0 aliphatic rings. The van der Waals surface area contributed by atoms with Crippen LogP contribution in [0.25, 0.3) is 0 Å². The topological polar surface area (TPSA) is 21.3 Å². The van der Waals surface area contributed by atoms with Crippen molar-refractivity contribution >= 4 is 27.5 Å². The predicted molar refractivity (Wildman–Crippen MR) is 87.7 cm³/mol. The first-order valence-corrected chi connectivity index (χ1v) is 7.65. The summed E-state index contributed by atoms with van der Waals surface area (Å²) < 4.78 is 6.52. The molecular weight excluding hydrogens is 338 g/mol. The van der Waals surface area contributed by atoms with E-state index >= 15 is 0 Å². The minimum atomic E-state index is 0.0738. The van der Waals surface area contributed by atoms with Gasteiger partial charge in [-0.3, -0.25) is 0 Å². The molecule has 4 heteroatoms. The second kappa shape index (κ2) is 7.11. The molecule has 0 heterocycles. The van der Waals surface area contributed by atoms with Crippen molar-refractivity contribution < 1.29 is 4.74 Å². The van der Waals surface area contributed by atoms with Gasteiger partial charge in [0.2, 0.25) is 0 Å². The molecule has 20 heavy (non-hydrogen) atoms. The number of ether oxygens (including phenoxy) is 1. The fraction of sp³-hybridized carbons (Fsp3) is 0.250. The molecule has 2 aromatic rings. The third kappa shape index (κ3) is 3.54. The summed E-state index contributed by atoms with van der Waals surface area (Å²) in [7, 11) is 1.69. The number of hydrogen-bond acceptors (Lipinski definition) is 2. The Hall–Kier alpha value is -1.03. The van der Waals surface area contributed by atoms with E-state index in [0.29, 0.717) is 0 Å². The first-order chi connectivity index (χ1) is 9.65. The van der Waals surface area contributed by atoms with Gasteiger partial charge in [-0.2, -0.15) is 0 Å². The van der Waals surface area contributed by atoms with E-state index in [9.17, 15) is 0 Å². The van der Waals surface area contributed by atoms with E-state index in [1.807, 2.05) is 36.4 Å². The highest BCUT2D eigenvalue weighted by Gasteiger charge is 2.17. The summed E-state index contributed by atoms with van der Waals surface area (Å²) in [5.41, 5.74) is 2.26. The number of nitrogens with one attached hydrogen (secondary N) is 1. The highest BCUT2D eigenvalue weighted by molar-refractivity contribution is 9.10. The summed E-state index contributed by atoms with van der Waals surface area (Å²) in [4.78, 5) is 0. The first-order valence-electron chi connectivity index (χ1n) is 6.48. The molecule has 1 atom stereocenters. The Morgan fingerprint density at radius 3 is 2.50 bits per heavy atom. The van der Waals surface area contributed by atoms with Crippen LogP contribution in [0.5, 0.6) is 5.75 Å². The average Bonchev–Trinajstić information content (AvgIpc) is 2.46. The molecule has 0 bridgehead atoms. The molecule has 0 spiro atoms.